The predicted octanol–water partition coefficient (Wildman–Crippen LogP) is 5.90. The molecule has 1 aliphatic carbocycles. The quantitative estimate of drug-likeness (QED) is 0.412. The zero-order valence-corrected chi connectivity index (χ0v) is 22.1. The molecule has 1 aliphatic heterocycles. The summed E-state index contributed by atoms with van der Waals surface area (Å²) < 4.78 is 0. The van der Waals surface area contributed by atoms with Gasteiger partial charge in [0.15, 0.2) is 0 Å². The lowest BCUT2D eigenvalue weighted by molar-refractivity contribution is -0.124. The number of fused-ring (bicyclic) bond motifs is 1. The molecule has 4 atom stereocenters. The molecule has 192 valence electrons. The number of hydrogen-bond acceptors (Lipinski definition) is 3. The first-order valence-corrected chi connectivity index (χ1v) is 13.6. The summed E-state index contributed by atoms with van der Waals surface area (Å²) in [4.78, 5) is 29.9. The fourth-order valence-corrected chi connectivity index (χ4v) is 6.36. The number of carbonyl (C=O) groups is 2. The topological polar surface area (TPSA) is 75.4 Å². The van der Waals surface area contributed by atoms with Gasteiger partial charge in [0.1, 0.15) is 0 Å². The first kappa shape index (κ1) is 25.8. The summed E-state index contributed by atoms with van der Waals surface area (Å²) in [5, 5.41) is 4.08. The minimum absolute atomic E-state index is 0.109. The fourth-order valence-electron chi connectivity index (χ4n) is 5.84. The van der Waals surface area contributed by atoms with E-state index in [1.807, 2.05) is 65.6 Å². The van der Waals surface area contributed by atoms with E-state index in [0.717, 1.165) is 31.2 Å². The molecule has 1 saturated carbocycles. The van der Waals surface area contributed by atoms with Gasteiger partial charge in [-0.05, 0) is 54.2 Å². The number of halogens is 2. The van der Waals surface area contributed by atoms with E-state index >= 15 is 0 Å². The number of nitrogens with zero attached hydrogens (tertiary/aromatic N) is 1. The Morgan fingerprint density at radius 2 is 1.68 bits per heavy atom. The van der Waals surface area contributed by atoms with E-state index < -0.39 is 12.0 Å². The van der Waals surface area contributed by atoms with Crippen molar-refractivity contribution in [3.63, 3.8) is 0 Å². The smallest absolute Gasteiger partial charge is 0.255 e. The molecular weight excluding hydrogens is 505 g/mol. The van der Waals surface area contributed by atoms with Crippen LogP contribution in [0.3, 0.4) is 0 Å². The molecule has 2 aliphatic rings. The monoisotopic (exact) mass is 535 g/mol. The number of rotatable bonds is 6. The maximum absolute atomic E-state index is 14.1. The lowest BCUT2D eigenvalue weighted by Crippen LogP contribution is -2.57. The number of amides is 2. The van der Waals surface area contributed by atoms with Crippen molar-refractivity contribution in [2.24, 2.45) is 5.73 Å². The first-order valence-electron chi connectivity index (χ1n) is 12.9. The number of carbonyl (C=O) groups excluding carboxylic acids is 2. The Labute approximate surface area is 227 Å². The van der Waals surface area contributed by atoms with E-state index in [0.29, 0.717) is 39.7 Å². The van der Waals surface area contributed by atoms with Crippen LogP contribution in [0.4, 0.5) is 0 Å². The van der Waals surface area contributed by atoms with Crippen LogP contribution in [0.1, 0.15) is 64.7 Å². The molecule has 3 N–H and O–H groups in total. The third-order valence-electron chi connectivity index (χ3n) is 7.63. The third kappa shape index (κ3) is 5.26. The molecule has 0 bridgehead atoms. The SMILES string of the molecule is NC1CCCC[C@@H]1N1C(=O)c2ccccc2[C@@H](C(=O)NCCc2ccccc2)[C@@H]1c1ccc(Cl)cc1Cl. The molecule has 37 heavy (non-hydrogen) atoms. The molecule has 0 aromatic heterocycles. The molecule has 0 spiro atoms. The van der Waals surface area contributed by atoms with E-state index in [9.17, 15) is 9.59 Å². The van der Waals surface area contributed by atoms with Gasteiger partial charge in [0.25, 0.3) is 5.91 Å². The number of benzene rings is 3. The zero-order chi connectivity index (χ0) is 25.9. The second kappa shape index (κ2) is 11.3. The Bertz CT molecular complexity index is 1280. The van der Waals surface area contributed by atoms with Crippen LogP contribution in [0.15, 0.2) is 72.8 Å². The fraction of sp³-hybridized carbons (Fsp3) is 0.333. The van der Waals surface area contributed by atoms with Gasteiger partial charge in [-0.25, -0.2) is 0 Å². The summed E-state index contributed by atoms with van der Waals surface area (Å²) in [7, 11) is 0. The van der Waals surface area contributed by atoms with Gasteiger partial charge in [-0.3, -0.25) is 9.59 Å². The number of hydrogen-bond donors (Lipinski definition) is 2. The maximum Gasteiger partial charge on any atom is 0.255 e. The third-order valence-corrected chi connectivity index (χ3v) is 8.20. The highest BCUT2D eigenvalue weighted by molar-refractivity contribution is 6.35. The largest absolute Gasteiger partial charge is 0.355 e. The molecule has 1 unspecified atom stereocenters. The van der Waals surface area contributed by atoms with Crippen molar-refractivity contribution < 1.29 is 9.59 Å². The Hall–Kier alpha value is -2.86. The average molecular weight is 537 g/mol. The highest BCUT2D eigenvalue weighted by atomic mass is 35.5. The summed E-state index contributed by atoms with van der Waals surface area (Å²) in [6, 6.07) is 21.8. The number of nitrogens with two attached hydrogens (primary N) is 1. The van der Waals surface area contributed by atoms with Crippen molar-refractivity contribution in [3.05, 3.63) is 105 Å². The van der Waals surface area contributed by atoms with Crippen LogP contribution >= 0.6 is 23.2 Å². The van der Waals surface area contributed by atoms with Crippen molar-refractivity contribution in [1.82, 2.24) is 10.2 Å². The molecule has 2 amide bonds. The molecule has 0 saturated heterocycles. The van der Waals surface area contributed by atoms with Crippen molar-refractivity contribution in [3.8, 4) is 0 Å². The minimum atomic E-state index is -0.641. The van der Waals surface area contributed by atoms with Crippen LogP contribution in [-0.2, 0) is 11.2 Å². The minimum Gasteiger partial charge on any atom is -0.355 e. The van der Waals surface area contributed by atoms with Crippen LogP contribution in [0, 0.1) is 0 Å². The Morgan fingerprint density at radius 1 is 0.946 bits per heavy atom. The highest BCUT2D eigenvalue weighted by Crippen LogP contribution is 2.47. The molecule has 7 heteroatoms. The molecule has 3 aromatic rings. The highest BCUT2D eigenvalue weighted by Gasteiger charge is 2.48. The van der Waals surface area contributed by atoms with Gasteiger partial charge < -0.3 is 16.0 Å². The summed E-state index contributed by atoms with van der Waals surface area (Å²) in [6.07, 6.45) is 4.36. The summed E-state index contributed by atoms with van der Waals surface area (Å²) in [6.45, 7) is 0.486. The standard InChI is InChI=1S/C30H31Cl2N3O2/c31-20-14-15-23(24(32)18-20)28-27(29(36)34-17-16-19-8-2-1-3-9-19)21-10-4-5-11-22(21)30(37)35(28)26-13-7-6-12-25(26)33/h1-5,8-11,14-15,18,25-28H,6-7,12-13,16-17,33H2,(H,34,36)/t25?,26-,27+,28-/m0/s1. The van der Waals surface area contributed by atoms with Crippen molar-refractivity contribution in [1.29, 1.82) is 0 Å². The second-order valence-corrected chi connectivity index (χ2v) is 10.8. The van der Waals surface area contributed by atoms with Gasteiger partial charge in [-0.15, -0.1) is 0 Å². The Kier molecular flexibility index (Phi) is 7.84. The second-order valence-electron chi connectivity index (χ2n) is 9.93. The van der Waals surface area contributed by atoms with Crippen LogP contribution in [0.5, 0.6) is 0 Å². The predicted molar refractivity (Wildman–Crippen MR) is 148 cm³/mol. The van der Waals surface area contributed by atoms with E-state index in [-0.39, 0.29) is 23.9 Å². The van der Waals surface area contributed by atoms with E-state index in [1.165, 1.54) is 0 Å². The average Bonchev–Trinajstić information content (AvgIpc) is 2.90. The first-order chi connectivity index (χ1) is 18.0. The normalized spacial score (nSPS) is 23.4. The maximum atomic E-state index is 14.1. The molecule has 5 rings (SSSR count). The Morgan fingerprint density at radius 3 is 2.43 bits per heavy atom. The van der Waals surface area contributed by atoms with Crippen molar-refractivity contribution in [2.75, 3.05) is 6.54 Å². The molecular formula is C30H31Cl2N3O2. The number of nitrogens with one attached hydrogen (secondary N) is 1. The van der Waals surface area contributed by atoms with Gasteiger partial charge in [-0.2, -0.15) is 0 Å². The van der Waals surface area contributed by atoms with Crippen LogP contribution in [0.2, 0.25) is 10.0 Å². The zero-order valence-electron chi connectivity index (χ0n) is 20.6. The van der Waals surface area contributed by atoms with Gasteiger partial charge in [0.2, 0.25) is 5.91 Å². The van der Waals surface area contributed by atoms with Gasteiger partial charge in [-0.1, -0.05) is 90.6 Å². The molecule has 0 radical (unpaired) electrons. The summed E-state index contributed by atoms with van der Waals surface area (Å²) >= 11 is 13.0. The van der Waals surface area contributed by atoms with Gasteiger partial charge >= 0.3 is 0 Å². The van der Waals surface area contributed by atoms with E-state index in [4.69, 9.17) is 28.9 Å². The van der Waals surface area contributed by atoms with Crippen LogP contribution < -0.4 is 11.1 Å². The molecule has 1 heterocycles. The summed E-state index contributed by atoms with van der Waals surface area (Å²) in [5.74, 6) is -0.888. The molecule has 5 nitrogen and oxygen atoms in total. The van der Waals surface area contributed by atoms with Gasteiger partial charge in [0, 0.05) is 34.2 Å². The van der Waals surface area contributed by atoms with E-state index in [2.05, 4.69) is 5.32 Å². The summed E-state index contributed by atoms with van der Waals surface area (Å²) in [5.41, 5.74) is 9.72. The van der Waals surface area contributed by atoms with Crippen LogP contribution in [-0.4, -0.2) is 35.3 Å². The lowest BCUT2D eigenvalue weighted by atomic mass is 9.76. The van der Waals surface area contributed by atoms with Crippen molar-refractivity contribution >= 4 is 35.0 Å². The molecule has 1 fully saturated rings. The van der Waals surface area contributed by atoms with E-state index in [1.54, 1.807) is 12.1 Å². The Balaban J connectivity index is 1.57. The lowest BCUT2D eigenvalue weighted by Gasteiger charge is -2.48. The van der Waals surface area contributed by atoms with Crippen LogP contribution in [0.25, 0.3) is 0 Å². The van der Waals surface area contributed by atoms with Gasteiger partial charge in [0.05, 0.1) is 12.0 Å². The molecule has 3 aromatic carbocycles. The van der Waals surface area contributed by atoms with Crippen molar-refractivity contribution in [2.45, 2.75) is 56.1 Å².